The van der Waals surface area contributed by atoms with Crippen molar-refractivity contribution in [3.8, 4) is 0 Å². The molecule has 2 heterocycles. The summed E-state index contributed by atoms with van der Waals surface area (Å²) in [4.78, 5) is 6.37. The Balaban J connectivity index is 2.04. The highest BCUT2D eigenvalue weighted by Gasteiger charge is 2.15. The molecule has 0 aromatic carbocycles. The SMILES string of the molecule is CCNC(C)c1nnc(N(C)Cc2cccc(C)n2)o1. The molecule has 0 aliphatic carbocycles. The Morgan fingerprint density at radius 1 is 1.35 bits per heavy atom. The maximum Gasteiger partial charge on any atom is 0.318 e. The van der Waals surface area contributed by atoms with Crippen LogP contribution in [0.1, 0.15) is 37.2 Å². The van der Waals surface area contributed by atoms with Crippen molar-refractivity contribution in [3.05, 3.63) is 35.5 Å². The van der Waals surface area contributed by atoms with Gasteiger partial charge < -0.3 is 14.6 Å². The summed E-state index contributed by atoms with van der Waals surface area (Å²) in [5, 5.41) is 11.4. The third-order valence-corrected chi connectivity index (χ3v) is 2.98. The minimum absolute atomic E-state index is 0.0618. The molecule has 2 rings (SSSR count). The highest BCUT2D eigenvalue weighted by atomic mass is 16.4. The van der Waals surface area contributed by atoms with E-state index in [0.717, 1.165) is 17.9 Å². The quantitative estimate of drug-likeness (QED) is 0.870. The van der Waals surface area contributed by atoms with Gasteiger partial charge in [0.2, 0.25) is 5.89 Å². The molecule has 2 aromatic heterocycles. The Morgan fingerprint density at radius 2 is 2.15 bits per heavy atom. The second-order valence-corrected chi connectivity index (χ2v) is 4.83. The van der Waals surface area contributed by atoms with E-state index < -0.39 is 0 Å². The van der Waals surface area contributed by atoms with E-state index in [1.165, 1.54) is 0 Å². The lowest BCUT2D eigenvalue weighted by Crippen LogP contribution is -2.18. The normalized spacial score (nSPS) is 12.4. The summed E-state index contributed by atoms with van der Waals surface area (Å²) in [6.45, 7) is 7.53. The molecule has 0 amide bonds. The highest BCUT2D eigenvalue weighted by molar-refractivity contribution is 5.25. The fraction of sp³-hybridized carbons (Fsp3) is 0.500. The van der Waals surface area contributed by atoms with Gasteiger partial charge in [-0.1, -0.05) is 18.1 Å². The Bertz CT molecular complexity index is 554. The molecule has 0 aliphatic rings. The summed E-state index contributed by atoms with van der Waals surface area (Å²) in [7, 11) is 1.92. The second kappa shape index (κ2) is 6.47. The van der Waals surface area contributed by atoms with Gasteiger partial charge in [0.1, 0.15) is 0 Å². The Morgan fingerprint density at radius 3 is 2.85 bits per heavy atom. The average Bonchev–Trinajstić information content (AvgIpc) is 2.88. The van der Waals surface area contributed by atoms with Gasteiger partial charge in [-0.2, -0.15) is 0 Å². The molecule has 0 bridgehead atoms. The molecule has 2 aromatic rings. The molecule has 20 heavy (non-hydrogen) atoms. The number of nitrogens with zero attached hydrogens (tertiary/aromatic N) is 4. The van der Waals surface area contributed by atoms with E-state index in [0.29, 0.717) is 18.5 Å². The Hall–Kier alpha value is -1.95. The van der Waals surface area contributed by atoms with Crippen LogP contribution in [-0.4, -0.2) is 28.8 Å². The predicted molar refractivity (Wildman–Crippen MR) is 77.5 cm³/mol. The van der Waals surface area contributed by atoms with Crippen LogP contribution >= 0.6 is 0 Å². The maximum absolute atomic E-state index is 5.68. The standard InChI is InChI=1S/C14H21N5O/c1-5-15-11(3)13-17-18-14(20-13)19(4)9-12-8-6-7-10(2)16-12/h6-8,11,15H,5,9H2,1-4H3. The van der Waals surface area contributed by atoms with E-state index >= 15 is 0 Å². The van der Waals surface area contributed by atoms with Gasteiger partial charge >= 0.3 is 6.01 Å². The number of rotatable bonds is 6. The van der Waals surface area contributed by atoms with E-state index in [9.17, 15) is 0 Å². The Labute approximate surface area is 119 Å². The van der Waals surface area contributed by atoms with Gasteiger partial charge in [-0.25, -0.2) is 0 Å². The summed E-state index contributed by atoms with van der Waals surface area (Å²) in [6, 6.07) is 6.53. The maximum atomic E-state index is 5.68. The molecule has 0 fully saturated rings. The van der Waals surface area contributed by atoms with Crippen molar-refractivity contribution in [3.63, 3.8) is 0 Å². The van der Waals surface area contributed by atoms with Gasteiger partial charge in [0, 0.05) is 12.7 Å². The van der Waals surface area contributed by atoms with Gasteiger partial charge in [-0.3, -0.25) is 4.98 Å². The molecule has 0 saturated carbocycles. The molecular formula is C14H21N5O. The minimum Gasteiger partial charge on any atom is -0.406 e. The van der Waals surface area contributed by atoms with Crippen LogP contribution in [0.4, 0.5) is 6.01 Å². The van der Waals surface area contributed by atoms with Crippen LogP contribution in [0.3, 0.4) is 0 Å². The van der Waals surface area contributed by atoms with Gasteiger partial charge in [-0.05, 0) is 32.5 Å². The average molecular weight is 275 g/mol. The summed E-state index contributed by atoms with van der Waals surface area (Å²) in [5.41, 5.74) is 1.98. The largest absolute Gasteiger partial charge is 0.406 e. The fourth-order valence-electron chi connectivity index (χ4n) is 1.95. The fourth-order valence-corrected chi connectivity index (χ4v) is 1.95. The van der Waals surface area contributed by atoms with E-state index in [4.69, 9.17) is 4.42 Å². The van der Waals surface area contributed by atoms with Gasteiger partial charge in [-0.15, -0.1) is 5.10 Å². The van der Waals surface area contributed by atoms with Crippen LogP contribution < -0.4 is 10.2 Å². The van der Waals surface area contributed by atoms with Crippen molar-refractivity contribution in [2.75, 3.05) is 18.5 Å². The van der Waals surface area contributed by atoms with Crippen LogP contribution in [0.15, 0.2) is 22.6 Å². The van der Waals surface area contributed by atoms with Crippen LogP contribution in [0.2, 0.25) is 0 Å². The molecule has 108 valence electrons. The first-order valence-electron chi connectivity index (χ1n) is 6.80. The topological polar surface area (TPSA) is 67.1 Å². The zero-order chi connectivity index (χ0) is 14.5. The molecule has 6 nitrogen and oxygen atoms in total. The first-order valence-corrected chi connectivity index (χ1v) is 6.80. The monoisotopic (exact) mass is 275 g/mol. The summed E-state index contributed by atoms with van der Waals surface area (Å²) >= 11 is 0. The zero-order valence-corrected chi connectivity index (χ0v) is 12.4. The first-order chi connectivity index (χ1) is 9.60. The molecular weight excluding hydrogens is 254 g/mol. The predicted octanol–water partition coefficient (Wildman–Crippen LogP) is 2.08. The number of aromatic nitrogens is 3. The lowest BCUT2D eigenvalue weighted by molar-refractivity contribution is 0.421. The van der Waals surface area contributed by atoms with E-state index in [2.05, 4.69) is 20.5 Å². The van der Waals surface area contributed by atoms with E-state index in [1.54, 1.807) is 0 Å². The van der Waals surface area contributed by atoms with Crippen LogP contribution in [0, 0.1) is 6.92 Å². The number of hydrogen-bond acceptors (Lipinski definition) is 6. The molecule has 0 saturated heterocycles. The van der Waals surface area contributed by atoms with Crippen molar-refractivity contribution in [1.29, 1.82) is 0 Å². The summed E-state index contributed by atoms with van der Waals surface area (Å²) in [6.07, 6.45) is 0. The van der Waals surface area contributed by atoms with Gasteiger partial charge in [0.15, 0.2) is 0 Å². The van der Waals surface area contributed by atoms with E-state index in [1.807, 2.05) is 50.9 Å². The smallest absolute Gasteiger partial charge is 0.318 e. The number of anilines is 1. The number of hydrogen-bond donors (Lipinski definition) is 1. The van der Waals surface area contributed by atoms with E-state index in [-0.39, 0.29) is 6.04 Å². The number of aryl methyl sites for hydroxylation is 1. The second-order valence-electron chi connectivity index (χ2n) is 4.83. The van der Waals surface area contributed by atoms with Gasteiger partial charge in [0.05, 0.1) is 18.3 Å². The van der Waals surface area contributed by atoms with Crippen LogP contribution in [-0.2, 0) is 6.54 Å². The summed E-state index contributed by atoms with van der Waals surface area (Å²) < 4.78 is 5.68. The van der Waals surface area contributed by atoms with Gasteiger partial charge in [0.25, 0.3) is 0 Å². The van der Waals surface area contributed by atoms with Crippen LogP contribution in [0.5, 0.6) is 0 Å². The van der Waals surface area contributed by atoms with Crippen molar-refractivity contribution in [1.82, 2.24) is 20.5 Å². The highest BCUT2D eigenvalue weighted by Crippen LogP contribution is 2.17. The third-order valence-electron chi connectivity index (χ3n) is 2.98. The molecule has 1 unspecified atom stereocenters. The van der Waals surface area contributed by atoms with Crippen LogP contribution in [0.25, 0.3) is 0 Å². The first kappa shape index (κ1) is 14.5. The molecule has 6 heteroatoms. The number of pyridine rings is 1. The third kappa shape index (κ3) is 3.54. The molecule has 0 radical (unpaired) electrons. The van der Waals surface area contributed by atoms with Crippen molar-refractivity contribution >= 4 is 6.01 Å². The Kier molecular flexibility index (Phi) is 4.68. The summed E-state index contributed by atoms with van der Waals surface area (Å²) in [5.74, 6) is 0.603. The molecule has 0 aliphatic heterocycles. The van der Waals surface area contributed by atoms with Crippen molar-refractivity contribution < 1.29 is 4.42 Å². The molecule has 0 spiro atoms. The van der Waals surface area contributed by atoms with Crippen molar-refractivity contribution in [2.45, 2.75) is 33.4 Å². The molecule has 1 atom stereocenters. The molecule has 1 N–H and O–H groups in total. The zero-order valence-electron chi connectivity index (χ0n) is 12.4. The van der Waals surface area contributed by atoms with Crippen molar-refractivity contribution in [2.24, 2.45) is 0 Å². The lowest BCUT2D eigenvalue weighted by atomic mass is 10.3. The minimum atomic E-state index is 0.0618. The number of nitrogens with one attached hydrogen (secondary N) is 1. The lowest BCUT2D eigenvalue weighted by Gasteiger charge is -2.13.